The van der Waals surface area contributed by atoms with Crippen LogP contribution in [0.5, 0.6) is 0 Å². The van der Waals surface area contributed by atoms with Gasteiger partial charge in [0.15, 0.2) is 0 Å². The van der Waals surface area contributed by atoms with E-state index >= 15 is 0 Å². The van der Waals surface area contributed by atoms with E-state index in [9.17, 15) is 4.79 Å². The maximum absolute atomic E-state index is 12.7. The number of nitrogens with zero attached hydrogens (tertiary/aromatic N) is 2. The van der Waals surface area contributed by atoms with Crippen molar-refractivity contribution in [2.45, 2.75) is 38.9 Å². The molecule has 0 radical (unpaired) electrons. The van der Waals surface area contributed by atoms with Crippen LogP contribution in [0, 0.1) is 0 Å². The van der Waals surface area contributed by atoms with Gasteiger partial charge in [0, 0.05) is 38.2 Å². The molecular weight excluding hydrogens is 254 g/mol. The van der Waals surface area contributed by atoms with Gasteiger partial charge in [0.25, 0.3) is 5.91 Å². The van der Waals surface area contributed by atoms with Crippen molar-refractivity contribution in [3.63, 3.8) is 0 Å². The molecule has 0 unspecified atom stereocenters. The van der Waals surface area contributed by atoms with Gasteiger partial charge >= 0.3 is 0 Å². The lowest BCUT2D eigenvalue weighted by Gasteiger charge is -2.47. The highest BCUT2D eigenvalue weighted by Gasteiger charge is 2.40. The standard InChI is InChI=1S/C15H23N3O2/c1-14(2)9-18(10-15(3,4)20-14)13(19)11-8-17-7-6-12(11)16-5/h6-8H,9-10H2,1-5H3,(H,16,17). The summed E-state index contributed by atoms with van der Waals surface area (Å²) in [6, 6.07) is 1.81. The van der Waals surface area contributed by atoms with Crippen LogP contribution in [0.3, 0.4) is 0 Å². The van der Waals surface area contributed by atoms with Crippen LogP contribution in [-0.4, -0.2) is 47.1 Å². The molecule has 1 fully saturated rings. The second-order valence-electron chi connectivity index (χ2n) is 6.45. The molecule has 1 aliphatic heterocycles. The number of amides is 1. The fourth-order valence-corrected chi connectivity index (χ4v) is 2.88. The summed E-state index contributed by atoms with van der Waals surface area (Å²) >= 11 is 0. The fraction of sp³-hybridized carbons (Fsp3) is 0.600. The molecule has 1 N–H and O–H groups in total. The Morgan fingerprint density at radius 1 is 1.30 bits per heavy atom. The van der Waals surface area contributed by atoms with E-state index in [1.54, 1.807) is 19.4 Å². The molecule has 1 aromatic rings. The molecule has 1 amide bonds. The number of hydrogen-bond donors (Lipinski definition) is 1. The molecule has 0 bridgehead atoms. The van der Waals surface area contributed by atoms with E-state index in [1.807, 2.05) is 38.7 Å². The van der Waals surface area contributed by atoms with Crippen molar-refractivity contribution in [2.24, 2.45) is 0 Å². The number of carbonyl (C=O) groups is 1. The van der Waals surface area contributed by atoms with Crippen LogP contribution < -0.4 is 5.32 Å². The summed E-state index contributed by atoms with van der Waals surface area (Å²) < 4.78 is 6.01. The zero-order valence-electron chi connectivity index (χ0n) is 12.9. The third kappa shape index (κ3) is 3.10. The lowest BCUT2D eigenvalue weighted by atomic mass is 9.98. The summed E-state index contributed by atoms with van der Waals surface area (Å²) in [5, 5.41) is 3.04. The van der Waals surface area contributed by atoms with E-state index in [0.717, 1.165) is 5.69 Å². The zero-order valence-corrected chi connectivity index (χ0v) is 12.9. The number of rotatable bonds is 2. The number of aromatic nitrogens is 1. The van der Waals surface area contributed by atoms with Gasteiger partial charge in [-0.15, -0.1) is 0 Å². The van der Waals surface area contributed by atoms with Gasteiger partial charge < -0.3 is 15.0 Å². The minimum Gasteiger partial charge on any atom is -0.387 e. The topological polar surface area (TPSA) is 54.5 Å². The van der Waals surface area contributed by atoms with Crippen molar-refractivity contribution < 1.29 is 9.53 Å². The minimum absolute atomic E-state index is 0.00750. The first kappa shape index (κ1) is 14.8. The highest BCUT2D eigenvalue weighted by Crippen LogP contribution is 2.29. The molecule has 5 nitrogen and oxygen atoms in total. The highest BCUT2D eigenvalue weighted by molar-refractivity contribution is 5.99. The Bertz CT molecular complexity index is 496. The summed E-state index contributed by atoms with van der Waals surface area (Å²) in [5.74, 6) is -0.00750. The van der Waals surface area contributed by atoms with Gasteiger partial charge in [0.2, 0.25) is 0 Å². The number of pyridine rings is 1. The number of hydrogen-bond acceptors (Lipinski definition) is 4. The summed E-state index contributed by atoms with van der Waals surface area (Å²) in [5.41, 5.74) is 0.703. The summed E-state index contributed by atoms with van der Waals surface area (Å²) in [7, 11) is 1.80. The van der Waals surface area contributed by atoms with Gasteiger partial charge in [0.1, 0.15) is 0 Å². The van der Waals surface area contributed by atoms with Crippen LogP contribution in [0.25, 0.3) is 0 Å². The van der Waals surface area contributed by atoms with Crippen molar-refractivity contribution in [3.8, 4) is 0 Å². The Kier molecular flexibility index (Phi) is 3.73. The average molecular weight is 277 g/mol. The monoisotopic (exact) mass is 277 g/mol. The second kappa shape index (κ2) is 5.05. The molecule has 5 heteroatoms. The van der Waals surface area contributed by atoms with Crippen molar-refractivity contribution >= 4 is 11.6 Å². The quantitative estimate of drug-likeness (QED) is 0.900. The molecule has 2 heterocycles. The Balaban J connectivity index is 2.28. The first-order chi connectivity index (χ1) is 9.24. The largest absolute Gasteiger partial charge is 0.387 e. The van der Waals surface area contributed by atoms with E-state index in [-0.39, 0.29) is 17.1 Å². The van der Waals surface area contributed by atoms with Crippen molar-refractivity contribution in [2.75, 3.05) is 25.5 Å². The van der Waals surface area contributed by atoms with Gasteiger partial charge in [-0.25, -0.2) is 0 Å². The van der Waals surface area contributed by atoms with Gasteiger partial charge in [0.05, 0.1) is 16.8 Å². The predicted octanol–water partition coefficient (Wildman–Crippen LogP) is 2.15. The SMILES string of the molecule is CNc1ccncc1C(=O)N1CC(C)(C)OC(C)(C)C1. The van der Waals surface area contributed by atoms with Gasteiger partial charge in [-0.1, -0.05) is 0 Å². The normalized spacial score (nSPS) is 20.6. The van der Waals surface area contributed by atoms with Gasteiger partial charge in [-0.3, -0.25) is 9.78 Å². The van der Waals surface area contributed by atoms with Crippen molar-refractivity contribution in [1.29, 1.82) is 0 Å². The van der Waals surface area contributed by atoms with Crippen molar-refractivity contribution in [1.82, 2.24) is 9.88 Å². The fourth-order valence-electron chi connectivity index (χ4n) is 2.88. The maximum Gasteiger partial charge on any atom is 0.257 e. The molecule has 1 saturated heterocycles. The van der Waals surface area contributed by atoms with Gasteiger partial charge in [-0.05, 0) is 33.8 Å². The highest BCUT2D eigenvalue weighted by atomic mass is 16.5. The molecule has 0 atom stereocenters. The van der Waals surface area contributed by atoms with E-state index in [0.29, 0.717) is 18.7 Å². The number of morpholine rings is 1. The van der Waals surface area contributed by atoms with Crippen LogP contribution in [0.2, 0.25) is 0 Å². The first-order valence-corrected chi connectivity index (χ1v) is 6.85. The minimum atomic E-state index is -0.348. The molecule has 0 spiro atoms. The molecule has 0 saturated carbocycles. The number of anilines is 1. The van der Waals surface area contributed by atoms with E-state index in [2.05, 4.69) is 10.3 Å². The second-order valence-corrected chi connectivity index (χ2v) is 6.45. The van der Waals surface area contributed by atoms with Crippen LogP contribution in [0.1, 0.15) is 38.1 Å². The summed E-state index contributed by atoms with van der Waals surface area (Å²) in [4.78, 5) is 18.7. The zero-order chi connectivity index (χ0) is 15.0. The van der Waals surface area contributed by atoms with Crippen LogP contribution in [-0.2, 0) is 4.74 Å². The van der Waals surface area contributed by atoms with Gasteiger partial charge in [-0.2, -0.15) is 0 Å². The Morgan fingerprint density at radius 3 is 2.45 bits per heavy atom. The molecule has 0 aromatic carbocycles. The number of carbonyl (C=O) groups excluding carboxylic acids is 1. The average Bonchev–Trinajstić information content (AvgIpc) is 2.34. The summed E-state index contributed by atoms with van der Waals surface area (Å²) in [6.07, 6.45) is 3.29. The Morgan fingerprint density at radius 2 is 1.90 bits per heavy atom. The molecule has 1 aliphatic rings. The molecule has 20 heavy (non-hydrogen) atoms. The molecule has 2 rings (SSSR count). The Hall–Kier alpha value is -1.62. The third-order valence-corrected chi connectivity index (χ3v) is 3.30. The van der Waals surface area contributed by atoms with E-state index in [4.69, 9.17) is 4.74 Å². The van der Waals surface area contributed by atoms with Crippen LogP contribution >= 0.6 is 0 Å². The number of nitrogens with one attached hydrogen (secondary N) is 1. The third-order valence-electron chi connectivity index (χ3n) is 3.30. The lowest BCUT2D eigenvalue weighted by molar-refractivity contribution is -0.171. The van der Waals surface area contributed by atoms with Crippen molar-refractivity contribution in [3.05, 3.63) is 24.0 Å². The van der Waals surface area contributed by atoms with E-state index < -0.39 is 0 Å². The lowest BCUT2D eigenvalue weighted by Crippen LogP contribution is -2.58. The molecular formula is C15H23N3O2. The predicted molar refractivity (Wildman–Crippen MR) is 78.9 cm³/mol. The smallest absolute Gasteiger partial charge is 0.257 e. The first-order valence-electron chi connectivity index (χ1n) is 6.85. The van der Waals surface area contributed by atoms with Crippen LogP contribution in [0.4, 0.5) is 5.69 Å². The van der Waals surface area contributed by atoms with Crippen LogP contribution in [0.15, 0.2) is 18.5 Å². The van der Waals surface area contributed by atoms with E-state index in [1.165, 1.54) is 0 Å². The molecule has 0 aliphatic carbocycles. The number of ether oxygens (including phenoxy) is 1. The summed E-state index contributed by atoms with van der Waals surface area (Å²) in [6.45, 7) is 9.19. The Labute approximate surface area is 120 Å². The maximum atomic E-state index is 12.7. The molecule has 110 valence electrons. The molecule has 1 aromatic heterocycles.